The normalized spacial score (nSPS) is 47.5. The van der Waals surface area contributed by atoms with Gasteiger partial charge < -0.3 is 0 Å². The van der Waals surface area contributed by atoms with Crippen molar-refractivity contribution in [1.29, 1.82) is 0 Å². The second-order valence-corrected chi connectivity index (χ2v) is 27.1. The van der Waals surface area contributed by atoms with Crippen LogP contribution in [-0.4, -0.2) is 0 Å². The summed E-state index contributed by atoms with van der Waals surface area (Å²) in [6, 6.07) is 0. The van der Waals surface area contributed by atoms with Gasteiger partial charge in [0.15, 0.2) is 0 Å². The van der Waals surface area contributed by atoms with Crippen LogP contribution in [0, 0.1) is 84.7 Å². The van der Waals surface area contributed by atoms with E-state index in [2.05, 4.69) is 104 Å². The molecule has 8 rings (SSSR count). The van der Waals surface area contributed by atoms with E-state index in [-0.39, 0.29) is 0 Å². The van der Waals surface area contributed by atoms with Crippen LogP contribution in [0.15, 0.2) is 0 Å². The fourth-order valence-electron chi connectivity index (χ4n) is 17.7. The van der Waals surface area contributed by atoms with Crippen LogP contribution in [0.1, 0.15) is 264 Å². The Bertz CT molecular complexity index is 1090. The maximum absolute atomic E-state index is 2.56. The lowest BCUT2D eigenvalue weighted by molar-refractivity contribution is -0.0827. The van der Waals surface area contributed by atoms with Crippen molar-refractivity contribution in [2.45, 2.75) is 264 Å². The van der Waals surface area contributed by atoms with Gasteiger partial charge in [0.1, 0.15) is 0 Å². The lowest BCUT2D eigenvalue weighted by atomic mass is 9.47. The molecule has 55 heavy (non-hydrogen) atoms. The van der Waals surface area contributed by atoms with Gasteiger partial charge in [-0.3, -0.25) is 0 Å². The summed E-state index contributed by atoms with van der Waals surface area (Å²) >= 11 is 0. The van der Waals surface area contributed by atoms with E-state index in [0.29, 0.717) is 32.5 Å². The first-order valence-corrected chi connectivity index (χ1v) is 25.4. The van der Waals surface area contributed by atoms with Crippen LogP contribution in [0.3, 0.4) is 0 Å². The third-order valence-electron chi connectivity index (χ3n) is 19.8. The number of hydrogen-bond acceptors (Lipinski definition) is 0. The monoisotopic (exact) mass is 763 g/mol. The first-order chi connectivity index (χ1) is 25.4. The Morgan fingerprint density at radius 1 is 0.327 bits per heavy atom. The summed E-state index contributed by atoms with van der Waals surface area (Å²) in [5.41, 5.74) is 5.60. The number of rotatable bonds is 4. The van der Waals surface area contributed by atoms with Crippen LogP contribution < -0.4 is 0 Å². The van der Waals surface area contributed by atoms with Gasteiger partial charge in [0.05, 0.1) is 0 Å². The summed E-state index contributed by atoms with van der Waals surface area (Å²) in [5, 5.41) is 0. The van der Waals surface area contributed by atoms with Crippen LogP contribution in [0.2, 0.25) is 0 Å². The Kier molecular flexibility index (Phi) is 14.4. The molecular weight excluding hydrogens is 661 g/mol. The molecule has 0 heterocycles. The highest BCUT2D eigenvalue weighted by Crippen LogP contribution is 2.63. The van der Waals surface area contributed by atoms with Gasteiger partial charge in [-0.25, -0.2) is 0 Å². The molecule has 0 aliphatic heterocycles. The van der Waals surface area contributed by atoms with E-state index in [1.807, 2.05) is 0 Å². The van der Waals surface area contributed by atoms with E-state index in [9.17, 15) is 0 Å². The van der Waals surface area contributed by atoms with Crippen molar-refractivity contribution in [2.24, 2.45) is 84.7 Å². The second kappa shape index (κ2) is 17.2. The molecule has 6 atom stereocenters. The zero-order valence-corrected chi connectivity index (χ0v) is 40.7. The molecule has 8 saturated carbocycles. The third-order valence-corrected chi connectivity index (χ3v) is 19.8. The highest BCUT2D eigenvalue weighted by Gasteiger charge is 2.52. The lowest BCUT2D eigenvalue weighted by Crippen LogP contribution is -2.49. The molecule has 2 unspecified atom stereocenters. The van der Waals surface area contributed by atoms with Gasteiger partial charge in [-0.2, -0.15) is 0 Å². The van der Waals surface area contributed by atoms with Gasteiger partial charge in [0.25, 0.3) is 0 Å². The molecule has 0 heteroatoms. The van der Waals surface area contributed by atoms with Crippen molar-refractivity contribution in [3.8, 4) is 0 Å². The minimum Gasteiger partial charge on any atom is -0.0625 e. The lowest BCUT2D eigenvalue weighted by Gasteiger charge is -2.58. The van der Waals surface area contributed by atoms with E-state index in [1.165, 1.54) is 161 Å². The van der Waals surface area contributed by atoms with Gasteiger partial charge in [-0.15, -0.1) is 0 Å². The highest BCUT2D eigenvalue weighted by atomic mass is 14.6. The van der Waals surface area contributed by atoms with Crippen LogP contribution in [0.4, 0.5) is 0 Å². The first kappa shape index (κ1) is 46.1. The summed E-state index contributed by atoms with van der Waals surface area (Å²) in [6.07, 6.45) is 37.4. The van der Waals surface area contributed by atoms with Crippen molar-refractivity contribution in [3.63, 3.8) is 0 Å². The van der Waals surface area contributed by atoms with Gasteiger partial charge >= 0.3 is 0 Å². The SMILES string of the molecule is CC(C)C12CCCC(C)(CCC1)C2.CC(C)C1C2(C)CCCC1(C)CCC2.CC(C)C1C[C@]2(C)CCC[C@](C)(C1)C2.CC(C)C1C[C@]2(C)CCC[C@](C)(C1)C2. The standard InChI is InChI=1S/3C14H26.C13H24/c1-11(2)12-13(3)7-5-9-14(12,4)10-6-8-13;2*1-11(2)12-8-13(3)6-5-7-14(4,9-12)10-13;1-11(2)13-8-4-6-12(3,10-13)7-5-9-13/h3*11-12H,5-10H2,1-4H3;11H,4-10H2,1-3H3/t;2*12?,13-,14+;. The fraction of sp³-hybridized carbons (Fsp3) is 1.00. The third kappa shape index (κ3) is 10.9. The topological polar surface area (TPSA) is 0 Å². The van der Waals surface area contributed by atoms with E-state index in [4.69, 9.17) is 0 Å². The van der Waals surface area contributed by atoms with E-state index in [0.717, 1.165) is 52.3 Å². The van der Waals surface area contributed by atoms with E-state index < -0.39 is 0 Å². The van der Waals surface area contributed by atoms with E-state index in [1.54, 1.807) is 0 Å². The average Bonchev–Trinajstić information content (AvgIpc) is 3.02. The fourth-order valence-corrected chi connectivity index (χ4v) is 17.7. The van der Waals surface area contributed by atoms with Crippen molar-refractivity contribution in [3.05, 3.63) is 0 Å². The van der Waals surface area contributed by atoms with E-state index >= 15 is 0 Å². The summed E-state index contributed by atoms with van der Waals surface area (Å²) in [5.74, 6) is 6.56. The predicted octanol–water partition coefficient (Wildman–Crippen LogP) is 18.3. The Balaban J connectivity index is 0.000000141. The zero-order valence-electron chi connectivity index (χ0n) is 40.7. The molecule has 8 aliphatic rings. The minimum absolute atomic E-state index is 0.680. The molecule has 8 fully saturated rings. The zero-order chi connectivity index (χ0) is 40.7. The molecule has 0 saturated heterocycles. The van der Waals surface area contributed by atoms with Gasteiger partial charge in [-0.05, 0) is 207 Å². The van der Waals surface area contributed by atoms with Crippen molar-refractivity contribution < 1.29 is 0 Å². The molecule has 0 nitrogen and oxygen atoms in total. The molecule has 0 amide bonds. The van der Waals surface area contributed by atoms with Gasteiger partial charge in [-0.1, -0.05) is 142 Å². The molecule has 0 aromatic carbocycles. The molecule has 322 valence electrons. The summed E-state index contributed by atoms with van der Waals surface area (Å²) in [7, 11) is 0. The summed E-state index contributed by atoms with van der Waals surface area (Å²) < 4.78 is 0. The number of hydrogen-bond donors (Lipinski definition) is 0. The van der Waals surface area contributed by atoms with Crippen LogP contribution >= 0.6 is 0 Å². The van der Waals surface area contributed by atoms with Gasteiger partial charge in [0, 0.05) is 0 Å². The smallest absolute Gasteiger partial charge is 0.0269 e. The molecule has 0 N–H and O–H groups in total. The maximum atomic E-state index is 2.56. The van der Waals surface area contributed by atoms with Crippen LogP contribution in [0.25, 0.3) is 0 Å². The largest absolute Gasteiger partial charge is 0.0625 e. The van der Waals surface area contributed by atoms with Crippen molar-refractivity contribution in [2.75, 3.05) is 0 Å². The van der Waals surface area contributed by atoms with Crippen molar-refractivity contribution >= 4 is 0 Å². The molecule has 0 aromatic rings. The second-order valence-electron chi connectivity index (χ2n) is 27.1. The Morgan fingerprint density at radius 2 is 0.618 bits per heavy atom. The molecular formula is C55H102. The Labute approximate surface area is 347 Å². The van der Waals surface area contributed by atoms with Crippen molar-refractivity contribution in [1.82, 2.24) is 0 Å². The van der Waals surface area contributed by atoms with Crippen LogP contribution in [-0.2, 0) is 0 Å². The maximum Gasteiger partial charge on any atom is -0.0269 e. The van der Waals surface area contributed by atoms with Crippen LogP contribution in [0.5, 0.6) is 0 Å². The van der Waals surface area contributed by atoms with Gasteiger partial charge in [0.2, 0.25) is 0 Å². The molecule has 8 bridgehead atoms. The Morgan fingerprint density at radius 3 is 0.873 bits per heavy atom. The molecule has 0 radical (unpaired) electrons. The quantitative estimate of drug-likeness (QED) is 0.268. The molecule has 0 aromatic heterocycles. The number of fused-ring (bicyclic) bond motifs is 8. The highest BCUT2D eigenvalue weighted by molar-refractivity contribution is 5.03. The molecule has 8 aliphatic carbocycles. The molecule has 0 spiro atoms. The summed E-state index contributed by atoms with van der Waals surface area (Å²) in [4.78, 5) is 0. The minimum atomic E-state index is 0.680. The average molecular weight is 763 g/mol. The first-order valence-electron chi connectivity index (χ1n) is 25.4. The summed E-state index contributed by atoms with van der Waals surface area (Å²) in [6.45, 7) is 37.2. The predicted molar refractivity (Wildman–Crippen MR) is 244 cm³/mol. The Hall–Kier alpha value is 0.